The third-order valence-electron chi connectivity index (χ3n) is 3.01. The first-order valence-corrected chi connectivity index (χ1v) is 5.84. The summed E-state index contributed by atoms with van der Waals surface area (Å²) in [4.78, 5) is 12.3. The van der Waals surface area contributed by atoms with Crippen LogP contribution in [0.5, 0.6) is 0 Å². The molecule has 94 valence electrons. The van der Waals surface area contributed by atoms with Gasteiger partial charge in [0.1, 0.15) is 0 Å². The second kappa shape index (κ2) is 4.74. The van der Waals surface area contributed by atoms with Crippen LogP contribution >= 0.6 is 0 Å². The maximum atomic E-state index is 12.3. The summed E-state index contributed by atoms with van der Waals surface area (Å²) in [6.07, 6.45) is 3.40. The zero-order valence-electron chi connectivity index (χ0n) is 10.8. The molecule has 0 radical (unpaired) electrons. The van der Waals surface area contributed by atoms with E-state index in [-0.39, 0.29) is 5.78 Å². The Morgan fingerprint density at radius 2 is 2.11 bits per heavy atom. The monoisotopic (exact) mass is 243 g/mol. The maximum absolute atomic E-state index is 12.3. The highest BCUT2D eigenvalue weighted by atomic mass is 16.1. The predicted octanol–water partition coefficient (Wildman–Crippen LogP) is 1.92. The minimum absolute atomic E-state index is 0.0690. The molecule has 0 fully saturated rings. The van der Waals surface area contributed by atoms with Crippen LogP contribution in [0.4, 0.5) is 0 Å². The van der Waals surface area contributed by atoms with Gasteiger partial charge in [-0.3, -0.25) is 9.48 Å². The van der Waals surface area contributed by atoms with Crippen molar-refractivity contribution >= 4 is 5.78 Å². The van der Waals surface area contributed by atoms with Gasteiger partial charge in [0, 0.05) is 24.4 Å². The molecule has 1 heterocycles. The van der Waals surface area contributed by atoms with E-state index in [1.54, 1.807) is 24.1 Å². The van der Waals surface area contributed by atoms with Gasteiger partial charge in [0.25, 0.3) is 0 Å². The van der Waals surface area contributed by atoms with Gasteiger partial charge < -0.3 is 5.73 Å². The van der Waals surface area contributed by atoms with Crippen molar-refractivity contribution in [3.05, 3.63) is 52.8 Å². The number of carbonyl (C=O) groups excluding carboxylic acids is 1. The van der Waals surface area contributed by atoms with E-state index < -0.39 is 6.04 Å². The van der Waals surface area contributed by atoms with E-state index in [0.29, 0.717) is 5.56 Å². The first-order chi connectivity index (χ1) is 8.49. The van der Waals surface area contributed by atoms with Crippen molar-refractivity contribution in [2.24, 2.45) is 12.8 Å². The molecule has 0 aliphatic rings. The van der Waals surface area contributed by atoms with E-state index in [1.165, 1.54) is 0 Å². The van der Waals surface area contributed by atoms with E-state index in [2.05, 4.69) is 5.10 Å². The molecule has 0 aliphatic heterocycles. The van der Waals surface area contributed by atoms with Gasteiger partial charge in [-0.1, -0.05) is 23.8 Å². The molecule has 2 aromatic rings. The molecule has 0 saturated heterocycles. The lowest BCUT2D eigenvalue weighted by Crippen LogP contribution is -2.22. The topological polar surface area (TPSA) is 60.9 Å². The summed E-state index contributed by atoms with van der Waals surface area (Å²) >= 11 is 0. The molecule has 18 heavy (non-hydrogen) atoms. The number of Topliss-reactive ketones (excluding diaryl/α,β-unsaturated/α-hetero) is 1. The molecule has 2 N–H and O–H groups in total. The molecular weight excluding hydrogens is 226 g/mol. The van der Waals surface area contributed by atoms with Gasteiger partial charge in [-0.2, -0.15) is 5.10 Å². The number of ketones is 1. The summed E-state index contributed by atoms with van der Waals surface area (Å²) < 4.78 is 1.64. The van der Waals surface area contributed by atoms with Crippen LogP contribution in [-0.2, 0) is 7.05 Å². The Hall–Kier alpha value is -1.94. The first-order valence-electron chi connectivity index (χ1n) is 5.84. The first kappa shape index (κ1) is 12.5. The van der Waals surface area contributed by atoms with Crippen LogP contribution in [0.1, 0.15) is 33.1 Å². The Morgan fingerprint density at radius 3 is 2.67 bits per heavy atom. The van der Waals surface area contributed by atoms with Gasteiger partial charge in [0.15, 0.2) is 5.78 Å². The highest BCUT2D eigenvalue weighted by molar-refractivity contribution is 6.01. The van der Waals surface area contributed by atoms with Gasteiger partial charge >= 0.3 is 0 Å². The Kier molecular flexibility index (Phi) is 3.30. The van der Waals surface area contributed by atoms with Gasteiger partial charge in [0.05, 0.1) is 12.2 Å². The van der Waals surface area contributed by atoms with E-state index in [9.17, 15) is 4.79 Å². The molecule has 0 bridgehead atoms. The summed E-state index contributed by atoms with van der Waals surface area (Å²) in [5, 5.41) is 4.03. The number of carbonyl (C=O) groups is 1. The molecule has 4 heteroatoms. The number of nitrogens with zero attached hydrogens (tertiary/aromatic N) is 2. The number of aromatic nitrogens is 2. The quantitative estimate of drug-likeness (QED) is 0.838. The van der Waals surface area contributed by atoms with Crippen molar-refractivity contribution in [2.75, 3.05) is 0 Å². The Morgan fingerprint density at radius 1 is 1.39 bits per heavy atom. The minimum Gasteiger partial charge on any atom is -0.317 e. The summed E-state index contributed by atoms with van der Waals surface area (Å²) in [5.74, 6) is -0.0690. The smallest absolute Gasteiger partial charge is 0.184 e. The van der Waals surface area contributed by atoms with Crippen molar-refractivity contribution in [3.8, 4) is 0 Å². The molecular formula is C14H17N3O. The van der Waals surface area contributed by atoms with Crippen LogP contribution in [0.2, 0.25) is 0 Å². The minimum atomic E-state index is -0.653. The lowest BCUT2D eigenvalue weighted by molar-refractivity contribution is 0.0960. The van der Waals surface area contributed by atoms with Crippen molar-refractivity contribution in [2.45, 2.75) is 19.9 Å². The fourth-order valence-corrected chi connectivity index (χ4v) is 2.01. The average Bonchev–Trinajstić information content (AvgIpc) is 2.74. The fraction of sp³-hybridized carbons (Fsp3) is 0.286. The summed E-state index contributed by atoms with van der Waals surface area (Å²) in [5.41, 5.74) is 9.50. The third kappa shape index (κ3) is 2.33. The second-order valence-electron chi connectivity index (χ2n) is 4.61. The lowest BCUT2D eigenvalue weighted by atomic mass is 9.96. The zero-order valence-corrected chi connectivity index (χ0v) is 10.8. The molecule has 1 unspecified atom stereocenters. The van der Waals surface area contributed by atoms with Crippen molar-refractivity contribution in [1.29, 1.82) is 0 Å². The molecule has 1 aromatic heterocycles. The SMILES string of the molecule is Cc1ccc(C(=O)C(N)c2cnn(C)c2)c(C)c1. The molecule has 4 nitrogen and oxygen atoms in total. The molecule has 1 aromatic carbocycles. The van der Waals surface area contributed by atoms with Crippen LogP contribution in [0.25, 0.3) is 0 Å². The Labute approximate surface area is 106 Å². The average molecular weight is 243 g/mol. The van der Waals surface area contributed by atoms with Crippen molar-refractivity contribution in [3.63, 3.8) is 0 Å². The molecule has 0 spiro atoms. The number of benzene rings is 1. The van der Waals surface area contributed by atoms with Gasteiger partial charge in [-0.25, -0.2) is 0 Å². The number of rotatable bonds is 3. The Bertz CT molecular complexity index is 586. The number of aryl methyl sites for hydroxylation is 3. The normalized spacial score (nSPS) is 12.4. The highest BCUT2D eigenvalue weighted by Crippen LogP contribution is 2.19. The second-order valence-corrected chi connectivity index (χ2v) is 4.61. The van der Waals surface area contributed by atoms with Gasteiger partial charge in [-0.15, -0.1) is 0 Å². The summed E-state index contributed by atoms with van der Waals surface area (Å²) in [6, 6.07) is 5.10. The Balaban J connectivity index is 2.31. The number of hydrogen-bond acceptors (Lipinski definition) is 3. The van der Waals surface area contributed by atoms with Crippen LogP contribution in [0.15, 0.2) is 30.6 Å². The van der Waals surface area contributed by atoms with E-state index in [1.807, 2.05) is 32.0 Å². The summed E-state index contributed by atoms with van der Waals surface area (Å²) in [7, 11) is 1.80. The van der Waals surface area contributed by atoms with Crippen LogP contribution in [0.3, 0.4) is 0 Å². The third-order valence-corrected chi connectivity index (χ3v) is 3.01. The van der Waals surface area contributed by atoms with Gasteiger partial charge in [-0.05, 0) is 19.4 Å². The molecule has 0 saturated carbocycles. The molecule has 2 rings (SSSR count). The van der Waals surface area contributed by atoms with Crippen molar-refractivity contribution < 1.29 is 4.79 Å². The van der Waals surface area contributed by atoms with Gasteiger partial charge in [0.2, 0.25) is 0 Å². The zero-order chi connectivity index (χ0) is 13.3. The molecule has 1 atom stereocenters. The maximum Gasteiger partial charge on any atom is 0.184 e. The van der Waals surface area contributed by atoms with Crippen molar-refractivity contribution in [1.82, 2.24) is 9.78 Å². The number of hydrogen-bond donors (Lipinski definition) is 1. The highest BCUT2D eigenvalue weighted by Gasteiger charge is 2.20. The van der Waals surface area contributed by atoms with Crippen LogP contribution < -0.4 is 5.73 Å². The lowest BCUT2D eigenvalue weighted by Gasteiger charge is -2.11. The summed E-state index contributed by atoms with van der Waals surface area (Å²) in [6.45, 7) is 3.93. The van der Waals surface area contributed by atoms with Crippen LogP contribution in [-0.4, -0.2) is 15.6 Å². The molecule has 0 amide bonds. The number of nitrogens with two attached hydrogens (primary N) is 1. The van der Waals surface area contributed by atoms with E-state index in [0.717, 1.165) is 16.7 Å². The van der Waals surface area contributed by atoms with E-state index >= 15 is 0 Å². The fourth-order valence-electron chi connectivity index (χ4n) is 2.01. The van der Waals surface area contributed by atoms with E-state index in [4.69, 9.17) is 5.73 Å². The standard InChI is InChI=1S/C14H17N3O/c1-9-4-5-12(10(2)6-9)14(18)13(15)11-7-16-17(3)8-11/h4-8,13H,15H2,1-3H3. The molecule has 0 aliphatic carbocycles. The predicted molar refractivity (Wildman–Crippen MR) is 70.4 cm³/mol. The van der Waals surface area contributed by atoms with Crippen LogP contribution in [0, 0.1) is 13.8 Å². The largest absolute Gasteiger partial charge is 0.317 e.